The number of benzene rings is 2. The van der Waals surface area contributed by atoms with Crippen LogP contribution in [0.15, 0.2) is 36.4 Å². The van der Waals surface area contributed by atoms with Crippen molar-refractivity contribution in [1.29, 1.82) is 0 Å². The molecule has 2 aromatic rings. The third-order valence-electron chi connectivity index (χ3n) is 3.05. The van der Waals surface area contributed by atoms with Crippen molar-refractivity contribution in [3.63, 3.8) is 0 Å². The average Bonchev–Trinajstić information content (AvgIpc) is 2.45. The highest BCUT2D eigenvalue weighted by Gasteiger charge is 2.10. The Balaban J connectivity index is 2.05. The van der Waals surface area contributed by atoms with Crippen molar-refractivity contribution in [2.24, 2.45) is 0 Å². The lowest BCUT2D eigenvalue weighted by molar-refractivity contribution is -0.0497. The van der Waals surface area contributed by atoms with E-state index in [2.05, 4.69) is 15.4 Å². The third kappa shape index (κ3) is 5.04. The molecular formula is C16H15ClF2N2OS. The molecule has 0 saturated heterocycles. The Morgan fingerprint density at radius 3 is 2.52 bits per heavy atom. The third-order valence-corrected chi connectivity index (χ3v) is 3.55. The molecule has 0 saturated carbocycles. The van der Waals surface area contributed by atoms with Gasteiger partial charge in [-0.05, 0) is 61.5 Å². The molecule has 0 radical (unpaired) electrons. The number of nitrogens with one attached hydrogen (secondary N) is 2. The van der Waals surface area contributed by atoms with Crippen molar-refractivity contribution in [2.75, 3.05) is 10.6 Å². The number of alkyl halides is 2. The Hall–Kier alpha value is -1.92. The zero-order valence-electron chi connectivity index (χ0n) is 12.5. The lowest BCUT2D eigenvalue weighted by Gasteiger charge is -2.14. The molecule has 0 aromatic heterocycles. The summed E-state index contributed by atoms with van der Waals surface area (Å²) in [5.74, 6) is -0.0828. The lowest BCUT2D eigenvalue weighted by atomic mass is 10.1. The number of hydrogen-bond donors (Lipinski definition) is 2. The molecule has 0 heterocycles. The molecule has 0 amide bonds. The zero-order valence-corrected chi connectivity index (χ0v) is 14.1. The molecule has 122 valence electrons. The first kappa shape index (κ1) is 17.4. The Kier molecular flexibility index (Phi) is 5.74. The monoisotopic (exact) mass is 356 g/mol. The van der Waals surface area contributed by atoms with Gasteiger partial charge in [0.1, 0.15) is 5.75 Å². The fourth-order valence-electron chi connectivity index (χ4n) is 1.93. The highest BCUT2D eigenvalue weighted by molar-refractivity contribution is 7.80. The summed E-state index contributed by atoms with van der Waals surface area (Å²) in [6, 6.07) is 10.4. The number of aryl methyl sites for hydroxylation is 2. The largest absolute Gasteiger partial charge is 0.433 e. The molecule has 2 aromatic carbocycles. The van der Waals surface area contributed by atoms with Gasteiger partial charge in [0.25, 0.3) is 0 Å². The minimum absolute atomic E-state index is 0.0739. The Labute approximate surface area is 143 Å². The summed E-state index contributed by atoms with van der Waals surface area (Å²) in [7, 11) is 0. The van der Waals surface area contributed by atoms with E-state index in [0.717, 1.165) is 16.8 Å². The molecule has 0 aliphatic rings. The van der Waals surface area contributed by atoms with Gasteiger partial charge in [0.2, 0.25) is 0 Å². The van der Waals surface area contributed by atoms with Gasteiger partial charge in [-0.2, -0.15) is 8.78 Å². The second-order valence-corrected chi connectivity index (χ2v) is 5.74. The second kappa shape index (κ2) is 7.57. The molecule has 3 nitrogen and oxygen atoms in total. The van der Waals surface area contributed by atoms with Crippen LogP contribution in [-0.4, -0.2) is 11.7 Å². The van der Waals surface area contributed by atoms with E-state index in [4.69, 9.17) is 23.8 Å². The minimum atomic E-state index is -2.92. The van der Waals surface area contributed by atoms with Crippen molar-refractivity contribution >= 4 is 40.3 Å². The molecule has 7 heteroatoms. The van der Waals surface area contributed by atoms with Crippen LogP contribution in [0.4, 0.5) is 20.2 Å². The maximum atomic E-state index is 12.2. The Bertz CT molecular complexity index is 725. The molecule has 23 heavy (non-hydrogen) atoms. The van der Waals surface area contributed by atoms with Crippen LogP contribution < -0.4 is 15.4 Å². The number of ether oxygens (including phenoxy) is 1. The van der Waals surface area contributed by atoms with E-state index in [0.29, 0.717) is 10.8 Å². The molecule has 0 fully saturated rings. The van der Waals surface area contributed by atoms with Crippen LogP contribution in [0.3, 0.4) is 0 Å². The van der Waals surface area contributed by atoms with Gasteiger partial charge in [-0.1, -0.05) is 23.7 Å². The maximum absolute atomic E-state index is 12.2. The van der Waals surface area contributed by atoms with E-state index in [1.54, 1.807) is 6.07 Å². The van der Waals surface area contributed by atoms with E-state index >= 15 is 0 Å². The highest BCUT2D eigenvalue weighted by atomic mass is 35.5. The van der Waals surface area contributed by atoms with Gasteiger partial charge >= 0.3 is 6.61 Å². The lowest BCUT2D eigenvalue weighted by Crippen LogP contribution is -2.19. The summed E-state index contributed by atoms with van der Waals surface area (Å²) >= 11 is 11.2. The molecule has 0 spiro atoms. The van der Waals surface area contributed by atoms with Crippen LogP contribution in [0, 0.1) is 13.8 Å². The summed E-state index contributed by atoms with van der Waals surface area (Å²) in [4.78, 5) is 0. The Morgan fingerprint density at radius 2 is 1.87 bits per heavy atom. The highest BCUT2D eigenvalue weighted by Crippen LogP contribution is 2.29. The van der Waals surface area contributed by atoms with Crippen LogP contribution in [0.2, 0.25) is 5.02 Å². The van der Waals surface area contributed by atoms with Gasteiger partial charge in [0.15, 0.2) is 5.11 Å². The molecule has 0 unspecified atom stereocenters. The standard InChI is InChI=1S/C16H15ClF2N2OS/c1-9-3-4-10(2)13(7-9)21-16(23)20-11-5-6-14(12(17)8-11)22-15(18)19/h3-8,15H,1-2H3,(H2,20,21,23). The average molecular weight is 357 g/mol. The normalized spacial score (nSPS) is 10.5. The van der Waals surface area contributed by atoms with Crippen molar-refractivity contribution in [2.45, 2.75) is 20.5 Å². The van der Waals surface area contributed by atoms with E-state index in [9.17, 15) is 8.78 Å². The predicted molar refractivity (Wildman–Crippen MR) is 93.8 cm³/mol. The van der Waals surface area contributed by atoms with Gasteiger partial charge < -0.3 is 15.4 Å². The first-order chi connectivity index (χ1) is 10.8. The topological polar surface area (TPSA) is 33.3 Å². The van der Waals surface area contributed by atoms with Crippen molar-refractivity contribution in [3.8, 4) is 5.75 Å². The summed E-state index contributed by atoms with van der Waals surface area (Å²) < 4.78 is 28.7. The summed E-state index contributed by atoms with van der Waals surface area (Å²) in [6.07, 6.45) is 0. The summed E-state index contributed by atoms with van der Waals surface area (Å²) in [5.41, 5.74) is 3.63. The maximum Gasteiger partial charge on any atom is 0.387 e. The second-order valence-electron chi connectivity index (χ2n) is 4.92. The van der Waals surface area contributed by atoms with Crippen molar-refractivity contribution in [1.82, 2.24) is 0 Å². The smallest absolute Gasteiger partial charge is 0.387 e. The SMILES string of the molecule is Cc1ccc(C)c(NC(=S)Nc2ccc(OC(F)F)c(Cl)c2)c1. The molecular weight excluding hydrogens is 342 g/mol. The number of thiocarbonyl (C=S) groups is 1. The van der Waals surface area contributed by atoms with Crippen LogP contribution in [0.1, 0.15) is 11.1 Å². The van der Waals surface area contributed by atoms with Gasteiger partial charge in [-0.15, -0.1) is 0 Å². The molecule has 0 aliphatic carbocycles. The van der Waals surface area contributed by atoms with Crippen LogP contribution >= 0.6 is 23.8 Å². The van der Waals surface area contributed by atoms with E-state index in [1.807, 2.05) is 32.0 Å². The van der Waals surface area contributed by atoms with E-state index < -0.39 is 6.61 Å². The summed E-state index contributed by atoms with van der Waals surface area (Å²) in [6.45, 7) is 1.04. The van der Waals surface area contributed by atoms with Crippen LogP contribution in [0.25, 0.3) is 0 Å². The van der Waals surface area contributed by atoms with Gasteiger partial charge in [-0.3, -0.25) is 0 Å². The first-order valence-corrected chi connectivity index (χ1v) is 7.53. The van der Waals surface area contributed by atoms with Crippen LogP contribution in [-0.2, 0) is 0 Å². The van der Waals surface area contributed by atoms with Gasteiger partial charge in [0, 0.05) is 11.4 Å². The summed E-state index contributed by atoms with van der Waals surface area (Å²) in [5, 5.41) is 6.49. The first-order valence-electron chi connectivity index (χ1n) is 6.75. The van der Waals surface area contributed by atoms with Gasteiger partial charge in [-0.25, -0.2) is 0 Å². The Morgan fingerprint density at radius 1 is 1.13 bits per heavy atom. The van der Waals surface area contributed by atoms with E-state index in [1.165, 1.54) is 12.1 Å². The molecule has 0 atom stereocenters. The molecule has 2 rings (SSSR count). The van der Waals surface area contributed by atoms with Crippen molar-refractivity contribution in [3.05, 3.63) is 52.5 Å². The number of anilines is 2. The van der Waals surface area contributed by atoms with E-state index in [-0.39, 0.29) is 10.8 Å². The minimum Gasteiger partial charge on any atom is -0.433 e. The fourth-order valence-corrected chi connectivity index (χ4v) is 2.38. The number of hydrogen-bond acceptors (Lipinski definition) is 2. The quantitative estimate of drug-likeness (QED) is 0.722. The van der Waals surface area contributed by atoms with Crippen molar-refractivity contribution < 1.29 is 13.5 Å². The molecule has 0 bridgehead atoms. The fraction of sp³-hybridized carbons (Fsp3) is 0.188. The number of halogens is 3. The predicted octanol–water partition coefficient (Wildman–Crippen LogP) is 5.37. The van der Waals surface area contributed by atoms with Crippen LogP contribution in [0.5, 0.6) is 5.75 Å². The zero-order chi connectivity index (χ0) is 17.0. The molecule has 2 N–H and O–H groups in total. The molecule has 0 aliphatic heterocycles. The number of rotatable bonds is 4. The van der Waals surface area contributed by atoms with Gasteiger partial charge in [0.05, 0.1) is 5.02 Å².